The average molecular weight is 359 g/mol. The Balaban J connectivity index is 1.49. The number of ether oxygens (including phenoxy) is 3. The van der Waals surface area contributed by atoms with Crippen LogP contribution in [0.3, 0.4) is 0 Å². The quantitative estimate of drug-likeness (QED) is 0.829. The monoisotopic (exact) mass is 359 g/mol. The molecule has 6 nitrogen and oxygen atoms in total. The molecule has 0 aliphatic carbocycles. The molecule has 1 aliphatic heterocycles. The van der Waals surface area contributed by atoms with Gasteiger partial charge in [0, 0.05) is 6.54 Å². The van der Waals surface area contributed by atoms with Crippen molar-refractivity contribution < 1.29 is 28.2 Å². The predicted octanol–water partition coefficient (Wildman–Crippen LogP) is 2.21. The Labute approximate surface area is 149 Å². The Morgan fingerprint density at radius 1 is 1.19 bits per heavy atom. The molecule has 1 aliphatic rings. The zero-order valence-electron chi connectivity index (χ0n) is 14.1. The van der Waals surface area contributed by atoms with Gasteiger partial charge in [-0.2, -0.15) is 0 Å². The van der Waals surface area contributed by atoms with E-state index < -0.39 is 24.1 Å². The number of carbonyl (C=O) groups excluding carboxylic acids is 2. The van der Waals surface area contributed by atoms with Gasteiger partial charge < -0.3 is 19.5 Å². The molecule has 7 heteroatoms. The van der Waals surface area contributed by atoms with E-state index >= 15 is 0 Å². The van der Waals surface area contributed by atoms with E-state index in [9.17, 15) is 14.0 Å². The number of benzene rings is 2. The molecule has 2 aromatic carbocycles. The van der Waals surface area contributed by atoms with Gasteiger partial charge in [-0.05, 0) is 36.8 Å². The fraction of sp³-hybridized carbons (Fsp3) is 0.263. The van der Waals surface area contributed by atoms with Gasteiger partial charge in [0.15, 0.2) is 17.6 Å². The number of hydrogen-bond donors (Lipinski definition) is 1. The normalized spacial score (nSPS) is 16.5. The van der Waals surface area contributed by atoms with Crippen LogP contribution in [0.25, 0.3) is 0 Å². The van der Waals surface area contributed by atoms with Crippen molar-refractivity contribution >= 4 is 11.9 Å². The Morgan fingerprint density at radius 2 is 1.88 bits per heavy atom. The van der Waals surface area contributed by atoms with E-state index in [1.165, 1.54) is 19.1 Å². The van der Waals surface area contributed by atoms with E-state index in [1.807, 2.05) is 0 Å². The number of para-hydroxylation sites is 2. The van der Waals surface area contributed by atoms with Gasteiger partial charge in [0.2, 0.25) is 6.10 Å². The summed E-state index contributed by atoms with van der Waals surface area (Å²) in [5.74, 6) is -0.474. The maximum Gasteiger partial charge on any atom is 0.351 e. The average Bonchev–Trinajstić information content (AvgIpc) is 2.66. The van der Waals surface area contributed by atoms with Crippen LogP contribution in [-0.2, 0) is 20.9 Å². The summed E-state index contributed by atoms with van der Waals surface area (Å²) in [5, 5.41) is 2.63. The number of fused-ring (bicyclic) bond motifs is 1. The van der Waals surface area contributed by atoms with Gasteiger partial charge >= 0.3 is 5.97 Å². The first-order chi connectivity index (χ1) is 12.5. The number of halogens is 1. The molecule has 0 aromatic heterocycles. The Hall–Kier alpha value is -3.09. The van der Waals surface area contributed by atoms with Gasteiger partial charge in [0.1, 0.15) is 12.4 Å². The molecule has 2 atom stereocenters. The number of carbonyl (C=O) groups is 2. The highest BCUT2D eigenvalue weighted by Crippen LogP contribution is 2.31. The van der Waals surface area contributed by atoms with Gasteiger partial charge in [-0.15, -0.1) is 0 Å². The van der Waals surface area contributed by atoms with E-state index in [2.05, 4.69) is 5.32 Å². The van der Waals surface area contributed by atoms with E-state index in [1.54, 1.807) is 36.4 Å². The highest BCUT2D eigenvalue weighted by Gasteiger charge is 2.31. The second-order valence-electron chi connectivity index (χ2n) is 5.79. The molecule has 1 N–H and O–H groups in total. The molecule has 0 bridgehead atoms. The Bertz CT molecular complexity index is 793. The largest absolute Gasteiger partial charge is 0.485 e. The minimum absolute atomic E-state index is 0.0137. The van der Waals surface area contributed by atoms with Crippen LogP contribution in [0, 0.1) is 5.82 Å². The first-order valence-corrected chi connectivity index (χ1v) is 8.14. The van der Waals surface area contributed by atoms with Crippen LogP contribution >= 0.6 is 0 Å². The van der Waals surface area contributed by atoms with Crippen molar-refractivity contribution in [3.63, 3.8) is 0 Å². The van der Waals surface area contributed by atoms with E-state index in [0.29, 0.717) is 11.5 Å². The number of nitrogens with one attached hydrogen (secondary N) is 1. The van der Waals surface area contributed by atoms with Gasteiger partial charge in [-0.25, -0.2) is 9.18 Å². The van der Waals surface area contributed by atoms with Crippen molar-refractivity contribution in [2.45, 2.75) is 25.7 Å². The van der Waals surface area contributed by atoms with Crippen LogP contribution in [-0.4, -0.2) is 30.7 Å². The second kappa shape index (κ2) is 7.86. The van der Waals surface area contributed by atoms with Crippen molar-refractivity contribution in [3.05, 3.63) is 59.9 Å². The smallest absolute Gasteiger partial charge is 0.351 e. The van der Waals surface area contributed by atoms with Crippen LogP contribution in [0.5, 0.6) is 11.5 Å². The van der Waals surface area contributed by atoms with Crippen LogP contribution in [0.15, 0.2) is 48.5 Å². The molecule has 26 heavy (non-hydrogen) atoms. The maximum atomic E-state index is 12.9. The first-order valence-electron chi connectivity index (χ1n) is 8.14. The molecule has 2 aromatic rings. The lowest BCUT2D eigenvalue weighted by molar-refractivity contribution is -0.163. The fourth-order valence-corrected chi connectivity index (χ4v) is 2.37. The molecule has 0 unspecified atom stereocenters. The third-order valence-corrected chi connectivity index (χ3v) is 3.81. The summed E-state index contributed by atoms with van der Waals surface area (Å²) in [6.45, 7) is 1.69. The summed E-state index contributed by atoms with van der Waals surface area (Å²) in [5.41, 5.74) is 0.735. The van der Waals surface area contributed by atoms with Crippen molar-refractivity contribution in [2.24, 2.45) is 0 Å². The van der Waals surface area contributed by atoms with Crippen LogP contribution in [0.2, 0.25) is 0 Å². The molecule has 0 saturated carbocycles. The number of hydrogen-bond acceptors (Lipinski definition) is 5. The summed E-state index contributed by atoms with van der Waals surface area (Å²) in [6.07, 6.45) is -1.93. The van der Waals surface area contributed by atoms with Gasteiger partial charge in [-0.1, -0.05) is 24.3 Å². The van der Waals surface area contributed by atoms with E-state index in [4.69, 9.17) is 14.2 Å². The van der Waals surface area contributed by atoms with Crippen molar-refractivity contribution in [1.82, 2.24) is 5.32 Å². The maximum absolute atomic E-state index is 12.9. The van der Waals surface area contributed by atoms with Gasteiger partial charge in [-0.3, -0.25) is 4.79 Å². The van der Waals surface area contributed by atoms with Gasteiger partial charge in [0.25, 0.3) is 5.91 Å². The summed E-state index contributed by atoms with van der Waals surface area (Å²) < 4.78 is 29.0. The first kappa shape index (κ1) is 17.7. The lowest BCUT2D eigenvalue weighted by atomic mass is 10.2. The summed E-state index contributed by atoms with van der Waals surface area (Å²) in [7, 11) is 0. The minimum atomic E-state index is -0.997. The number of rotatable bonds is 5. The molecule has 0 spiro atoms. The number of esters is 1. The Kier molecular flexibility index (Phi) is 5.36. The molecule has 0 radical (unpaired) electrons. The summed E-state index contributed by atoms with van der Waals surface area (Å²) >= 11 is 0. The molecule has 136 valence electrons. The fourth-order valence-electron chi connectivity index (χ4n) is 2.37. The molecular formula is C19H18FNO5. The third-order valence-electron chi connectivity index (χ3n) is 3.81. The topological polar surface area (TPSA) is 73.9 Å². The van der Waals surface area contributed by atoms with Gasteiger partial charge in [0.05, 0.1) is 0 Å². The molecule has 0 fully saturated rings. The third kappa shape index (κ3) is 4.30. The van der Waals surface area contributed by atoms with Crippen LogP contribution < -0.4 is 14.8 Å². The Morgan fingerprint density at radius 3 is 2.62 bits per heavy atom. The van der Waals surface area contributed by atoms with E-state index in [-0.39, 0.29) is 19.0 Å². The molecule has 1 heterocycles. The van der Waals surface area contributed by atoms with Crippen molar-refractivity contribution in [2.75, 3.05) is 6.61 Å². The van der Waals surface area contributed by atoms with E-state index in [0.717, 1.165) is 5.56 Å². The zero-order valence-corrected chi connectivity index (χ0v) is 14.1. The van der Waals surface area contributed by atoms with Crippen LogP contribution in [0.1, 0.15) is 12.5 Å². The minimum Gasteiger partial charge on any atom is -0.485 e. The second-order valence-corrected chi connectivity index (χ2v) is 5.79. The highest BCUT2D eigenvalue weighted by atomic mass is 19.1. The van der Waals surface area contributed by atoms with Crippen molar-refractivity contribution in [3.8, 4) is 11.5 Å². The highest BCUT2D eigenvalue weighted by molar-refractivity contribution is 5.84. The molecule has 1 amide bonds. The molecule has 3 rings (SSSR count). The predicted molar refractivity (Wildman–Crippen MR) is 90.2 cm³/mol. The standard InChI is InChI=1S/C19H18FNO5/c1-12(18(22)21-10-13-6-8-14(20)9-7-13)25-19(23)17-11-24-15-4-2-3-5-16(15)26-17/h2-9,12,17H,10-11H2,1H3,(H,21,22)/t12-,17+/m1/s1. The van der Waals surface area contributed by atoms with Crippen molar-refractivity contribution in [1.29, 1.82) is 0 Å². The molecular weight excluding hydrogens is 341 g/mol. The molecule has 0 saturated heterocycles. The zero-order chi connectivity index (χ0) is 18.5. The SMILES string of the molecule is C[C@@H](OC(=O)[C@@H]1COc2ccccc2O1)C(=O)NCc1ccc(F)cc1. The number of amides is 1. The summed E-state index contributed by atoms with van der Waals surface area (Å²) in [6, 6.07) is 12.7. The summed E-state index contributed by atoms with van der Waals surface area (Å²) in [4.78, 5) is 24.3. The lowest BCUT2D eigenvalue weighted by Gasteiger charge is -2.25. The van der Waals surface area contributed by atoms with Crippen LogP contribution in [0.4, 0.5) is 4.39 Å². The lowest BCUT2D eigenvalue weighted by Crippen LogP contribution is -2.42.